The summed E-state index contributed by atoms with van der Waals surface area (Å²) in [6, 6.07) is -0.983. The molecule has 2 unspecified atom stereocenters. The standard InChI is InChI=1S/C44H87NO9/c1-3-5-7-9-11-13-15-17-18-19-20-21-23-25-27-29-31-33-39(48)45-36(35-53-44-43(52)42(51)41(50)38(34-46)54-44)40(49)37(47)32-30-28-26-24-22-16-14-12-10-8-6-4-2/h36-38,40-44,46-47,49-52H,3-35H2,1-2H3,(H,45,48)/t36-,37+,38+,40-,41-,42?,43?,44+/m0/s1. The van der Waals surface area contributed by atoms with Crippen LogP contribution in [0.15, 0.2) is 0 Å². The Morgan fingerprint density at radius 2 is 0.963 bits per heavy atom. The third kappa shape index (κ3) is 25.4. The van der Waals surface area contributed by atoms with E-state index in [0.717, 1.165) is 38.5 Å². The SMILES string of the molecule is CCCCCCCCCCCCCCCCCCCC(=O)N[C@@H](CO[C@@H]1O[C@H](CO)[C@H](O)C(O)C1O)[C@H](O)[C@H](O)CCCCCCCCCCCCCC. The summed E-state index contributed by atoms with van der Waals surface area (Å²) < 4.78 is 11.1. The second kappa shape index (κ2) is 35.3. The normalized spacial score (nSPS) is 22.0. The summed E-state index contributed by atoms with van der Waals surface area (Å²) in [5, 5.41) is 65.1. The van der Waals surface area contributed by atoms with Gasteiger partial charge in [0.2, 0.25) is 5.91 Å². The van der Waals surface area contributed by atoms with Crippen LogP contribution >= 0.6 is 0 Å². The minimum atomic E-state index is -1.60. The predicted molar refractivity (Wildman–Crippen MR) is 218 cm³/mol. The summed E-state index contributed by atoms with van der Waals surface area (Å²) in [6.07, 6.45) is 26.8. The molecule has 10 heteroatoms. The van der Waals surface area contributed by atoms with Gasteiger partial charge < -0.3 is 45.4 Å². The predicted octanol–water partition coefficient (Wildman–Crippen LogP) is 8.14. The number of hydrogen-bond donors (Lipinski definition) is 7. The first kappa shape index (κ1) is 51.2. The molecule has 0 aromatic carbocycles. The molecular formula is C44H87NO9. The summed E-state index contributed by atoms with van der Waals surface area (Å²) in [7, 11) is 0. The van der Waals surface area contributed by atoms with Gasteiger partial charge in [-0.2, -0.15) is 0 Å². The molecule has 7 N–H and O–H groups in total. The molecule has 322 valence electrons. The Labute approximate surface area is 330 Å². The zero-order valence-electron chi connectivity index (χ0n) is 34.9. The zero-order valence-corrected chi connectivity index (χ0v) is 34.9. The van der Waals surface area contributed by atoms with Crippen molar-refractivity contribution in [3.05, 3.63) is 0 Å². The van der Waals surface area contributed by atoms with E-state index < -0.39 is 55.6 Å². The molecule has 0 radical (unpaired) electrons. The molecule has 0 bridgehead atoms. The molecule has 0 spiro atoms. The summed E-state index contributed by atoms with van der Waals surface area (Å²) in [6.45, 7) is 3.61. The topological polar surface area (TPSA) is 169 Å². The monoisotopic (exact) mass is 774 g/mol. The van der Waals surface area contributed by atoms with E-state index >= 15 is 0 Å². The van der Waals surface area contributed by atoms with Crippen LogP contribution in [0, 0.1) is 0 Å². The van der Waals surface area contributed by atoms with Gasteiger partial charge in [-0.15, -0.1) is 0 Å². The molecule has 1 saturated heterocycles. The maximum Gasteiger partial charge on any atom is 0.220 e. The molecule has 0 saturated carbocycles. The largest absolute Gasteiger partial charge is 0.394 e. The van der Waals surface area contributed by atoms with Gasteiger partial charge in [0.25, 0.3) is 0 Å². The average Bonchev–Trinajstić information content (AvgIpc) is 3.17. The summed E-state index contributed by atoms with van der Waals surface area (Å²) in [5.74, 6) is -0.255. The zero-order chi connectivity index (χ0) is 39.7. The van der Waals surface area contributed by atoms with Gasteiger partial charge in [-0.25, -0.2) is 0 Å². The Morgan fingerprint density at radius 1 is 0.574 bits per heavy atom. The molecule has 1 amide bonds. The van der Waals surface area contributed by atoms with Crippen LogP contribution in [0.1, 0.15) is 213 Å². The van der Waals surface area contributed by atoms with Gasteiger partial charge in [0.05, 0.1) is 25.4 Å². The molecule has 1 aliphatic heterocycles. The molecule has 54 heavy (non-hydrogen) atoms. The van der Waals surface area contributed by atoms with E-state index in [-0.39, 0.29) is 18.9 Å². The van der Waals surface area contributed by atoms with Crippen molar-refractivity contribution in [3.63, 3.8) is 0 Å². The highest BCUT2D eigenvalue weighted by Gasteiger charge is 2.44. The number of amides is 1. The van der Waals surface area contributed by atoms with Crippen molar-refractivity contribution in [1.29, 1.82) is 0 Å². The van der Waals surface area contributed by atoms with Gasteiger partial charge in [0.15, 0.2) is 6.29 Å². The van der Waals surface area contributed by atoms with Gasteiger partial charge in [-0.3, -0.25) is 4.79 Å². The number of carbonyl (C=O) groups excluding carboxylic acids is 1. The van der Waals surface area contributed by atoms with Crippen LogP contribution in [0.3, 0.4) is 0 Å². The molecule has 0 aliphatic carbocycles. The Kier molecular flexibility index (Phi) is 33.5. The van der Waals surface area contributed by atoms with Crippen LogP contribution in [-0.2, 0) is 14.3 Å². The van der Waals surface area contributed by atoms with Crippen molar-refractivity contribution in [2.45, 2.75) is 262 Å². The van der Waals surface area contributed by atoms with E-state index in [1.807, 2.05) is 0 Å². The van der Waals surface area contributed by atoms with Gasteiger partial charge in [-0.05, 0) is 12.8 Å². The summed E-state index contributed by atoms with van der Waals surface area (Å²) in [5.41, 5.74) is 0. The third-order valence-corrected chi connectivity index (χ3v) is 11.3. The molecule has 1 heterocycles. The van der Waals surface area contributed by atoms with Crippen LogP contribution in [-0.4, -0.2) is 98.7 Å². The number of ether oxygens (including phenoxy) is 2. The molecule has 1 rings (SSSR count). The lowest BCUT2D eigenvalue weighted by atomic mass is 9.98. The number of hydrogen-bond acceptors (Lipinski definition) is 9. The first-order chi connectivity index (χ1) is 26.3. The fraction of sp³-hybridized carbons (Fsp3) is 0.977. The van der Waals surface area contributed by atoms with Crippen molar-refractivity contribution < 1.29 is 44.9 Å². The molecule has 0 aromatic heterocycles. The van der Waals surface area contributed by atoms with Crippen molar-refractivity contribution in [3.8, 4) is 0 Å². The quantitative estimate of drug-likeness (QED) is 0.0306. The van der Waals surface area contributed by atoms with E-state index in [0.29, 0.717) is 6.42 Å². The van der Waals surface area contributed by atoms with Crippen molar-refractivity contribution in [1.82, 2.24) is 5.32 Å². The number of rotatable bonds is 38. The number of aliphatic hydroxyl groups is 6. The molecule has 0 aromatic rings. The van der Waals surface area contributed by atoms with Crippen molar-refractivity contribution in [2.24, 2.45) is 0 Å². The lowest BCUT2D eigenvalue weighted by Gasteiger charge is -2.40. The molecule has 8 atom stereocenters. The Morgan fingerprint density at radius 3 is 1.37 bits per heavy atom. The first-order valence-electron chi connectivity index (χ1n) is 22.8. The minimum Gasteiger partial charge on any atom is -0.394 e. The maximum atomic E-state index is 13.0. The molecular weight excluding hydrogens is 686 g/mol. The van der Waals surface area contributed by atoms with Gasteiger partial charge in [0.1, 0.15) is 30.5 Å². The number of nitrogens with one attached hydrogen (secondary N) is 1. The van der Waals surface area contributed by atoms with E-state index in [2.05, 4.69) is 19.2 Å². The molecule has 1 aliphatic rings. The van der Waals surface area contributed by atoms with Crippen LogP contribution in [0.25, 0.3) is 0 Å². The third-order valence-electron chi connectivity index (χ3n) is 11.3. The fourth-order valence-electron chi connectivity index (χ4n) is 7.55. The summed E-state index contributed by atoms with van der Waals surface area (Å²) in [4.78, 5) is 13.0. The Balaban J connectivity index is 2.38. The highest BCUT2D eigenvalue weighted by molar-refractivity contribution is 5.76. The first-order valence-corrected chi connectivity index (χ1v) is 22.8. The maximum absolute atomic E-state index is 13.0. The van der Waals surface area contributed by atoms with E-state index in [1.54, 1.807) is 0 Å². The lowest BCUT2D eigenvalue weighted by molar-refractivity contribution is -0.303. The number of carbonyl (C=O) groups is 1. The van der Waals surface area contributed by atoms with Gasteiger partial charge in [0, 0.05) is 6.42 Å². The summed E-state index contributed by atoms with van der Waals surface area (Å²) >= 11 is 0. The van der Waals surface area contributed by atoms with Crippen LogP contribution in [0.2, 0.25) is 0 Å². The van der Waals surface area contributed by atoms with E-state index in [1.165, 1.54) is 148 Å². The number of unbranched alkanes of at least 4 members (excludes halogenated alkanes) is 27. The van der Waals surface area contributed by atoms with Crippen molar-refractivity contribution in [2.75, 3.05) is 13.2 Å². The van der Waals surface area contributed by atoms with Gasteiger partial charge >= 0.3 is 0 Å². The van der Waals surface area contributed by atoms with E-state index in [4.69, 9.17) is 9.47 Å². The Bertz CT molecular complexity index is 834. The lowest BCUT2D eigenvalue weighted by Crippen LogP contribution is -2.60. The molecule has 10 nitrogen and oxygen atoms in total. The van der Waals surface area contributed by atoms with Crippen molar-refractivity contribution >= 4 is 5.91 Å². The highest BCUT2D eigenvalue weighted by Crippen LogP contribution is 2.23. The smallest absolute Gasteiger partial charge is 0.220 e. The van der Waals surface area contributed by atoms with Crippen LogP contribution < -0.4 is 5.32 Å². The second-order valence-corrected chi connectivity index (χ2v) is 16.3. The van der Waals surface area contributed by atoms with E-state index in [9.17, 15) is 35.4 Å². The van der Waals surface area contributed by atoms with Crippen LogP contribution in [0.5, 0.6) is 0 Å². The van der Waals surface area contributed by atoms with Crippen LogP contribution in [0.4, 0.5) is 0 Å². The van der Waals surface area contributed by atoms with Gasteiger partial charge in [-0.1, -0.05) is 194 Å². The minimum absolute atomic E-state index is 0.255. The number of aliphatic hydroxyl groups excluding tert-OH is 6. The second-order valence-electron chi connectivity index (χ2n) is 16.3. The fourth-order valence-corrected chi connectivity index (χ4v) is 7.55. The highest BCUT2D eigenvalue weighted by atomic mass is 16.7. The average molecular weight is 774 g/mol. The molecule has 1 fully saturated rings. The Hall–Kier alpha value is -0.850.